The van der Waals surface area contributed by atoms with Crippen LogP contribution in [0.2, 0.25) is 0 Å². The molecule has 4 atom stereocenters. The fourth-order valence-electron chi connectivity index (χ4n) is 1.64. The lowest BCUT2D eigenvalue weighted by molar-refractivity contribution is -0.146. The third kappa shape index (κ3) is 2.62. The fourth-order valence-corrected chi connectivity index (χ4v) is 1.64. The van der Waals surface area contributed by atoms with Crippen molar-refractivity contribution in [3.8, 4) is 6.07 Å². The Kier molecular flexibility index (Phi) is 3.73. The molecule has 7 heteroatoms. The molecule has 88 valence electrons. The molecule has 7 nitrogen and oxygen atoms in total. The molecule has 1 heterocycles. The zero-order valence-corrected chi connectivity index (χ0v) is 9.36. The Morgan fingerprint density at radius 2 is 2.19 bits per heavy atom. The number of hydrogen-bond acceptors (Lipinski definition) is 5. The van der Waals surface area contributed by atoms with Gasteiger partial charge in [-0.25, -0.2) is 0 Å². The number of azide groups is 1. The van der Waals surface area contributed by atoms with Gasteiger partial charge in [-0.2, -0.15) is 5.26 Å². The van der Waals surface area contributed by atoms with Gasteiger partial charge in [0, 0.05) is 4.91 Å². The lowest BCUT2D eigenvalue weighted by Gasteiger charge is -2.22. The van der Waals surface area contributed by atoms with Crippen molar-refractivity contribution in [2.45, 2.75) is 50.9 Å². The second kappa shape index (κ2) is 4.68. The van der Waals surface area contributed by atoms with Crippen LogP contribution < -0.4 is 0 Å². The molecule has 1 N–H and O–H groups in total. The second-order valence-electron chi connectivity index (χ2n) is 4.09. The SMILES string of the molecule is CC(O)C(N=[N+]=[N-])C1OC(C)(C)OC1C#N. The topological polar surface area (TPSA) is 111 Å². The standard InChI is InChI=1S/C9H14N4O3/c1-5(14)7(12-13-11)8-6(4-10)15-9(2,3)16-8/h5-8,14H,1-3H3. The molecule has 0 aliphatic carbocycles. The van der Waals surface area contributed by atoms with Crippen LogP contribution >= 0.6 is 0 Å². The van der Waals surface area contributed by atoms with Gasteiger partial charge in [0.2, 0.25) is 0 Å². The smallest absolute Gasteiger partial charge is 0.173 e. The number of hydrogen-bond donors (Lipinski definition) is 1. The Hall–Kier alpha value is -1.32. The van der Waals surface area contributed by atoms with E-state index in [0.29, 0.717) is 0 Å². The van der Waals surface area contributed by atoms with E-state index in [0.717, 1.165) is 0 Å². The first-order valence-corrected chi connectivity index (χ1v) is 4.89. The van der Waals surface area contributed by atoms with Crippen LogP contribution in [0.3, 0.4) is 0 Å². The van der Waals surface area contributed by atoms with Gasteiger partial charge in [0.05, 0.1) is 18.2 Å². The van der Waals surface area contributed by atoms with E-state index in [9.17, 15) is 5.11 Å². The summed E-state index contributed by atoms with van der Waals surface area (Å²) in [5, 5.41) is 21.8. The third-order valence-corrected chi connectivity index (χ3v) is 2.27. The highest BCUT2D eigenvalue weighted by molar-refractivity contribution is 5.02. The summed E-state index contributed by atoms with van der Waals surface area (Å²) >= 11 is 0. The summed E-state index contributed by atoms with van der Waals surface area (Å²) in [6.07, 6.45) is -2.51. The van der Waals surface area contributed by atoms with Crippen LogP contribution in [-0.4, -0.2) is 35.2 Å². The molecule has 0 aromatic rings. The summed E-state index contributed by atoms with van der Waals surface area (Å²) in [4.78, 5) is 2.64. The molecule has 16 heavy (non-hydrogen) atoms. The van der Waals surface area contributed by atoms with Crippen LogP contribution in [0.5, 0.6) is 0 Å². The van der Waals surface area contributed by atoms with Crippen LogP contribution in [0.15, 0.2) is 5.11 Å². The van der Waals surface area contributed by atoms with E-state index in [1.807, 2.05) is 6.07 Å². The summed E-state index contributed by atoms with van der Waals surface area (Å²) in [5.74, 6) is -0.914. The first kappa shape index (κ1) is 12.7. The average molecular weight is 226 g/mol. The van der Waals surface area contributed by atoms with Crippen LogP contribution in [0.25, 0.3) is 10.4 Å². The maximum Gasteiger partial charge on any atom is 0.173 e. The van der Waals surface area contributed by atoms with Crippen molar-refractivity contribution in [1.82, 2.24) is 0 Å². The van der Waals surface area contributed by atoms with Crippen molar-refractivity contribution in [2.24, 2.45) is 5.11 Å². The molecule has 1 saturated heterocycles. The number of nitrogens with zero attached hydrogens (tertiary/aromatic N) is 4. The minimum Gasteiger partial charge on any atom is -0.393 e. The van der Waals surface area contributed by atoms with Crippen molar-refractivity contribution < 1.29 is 14.6 Å². The molecule has 0 aromatic carbocycles. The van der Waals surface area contributed by atoms with Gasteiger partial charge in [-0.15, -0.1) is 0 Å². The van der Waals surface area contributed by atoms with E-state index in [4.69, 9.17) is 20.3 Å². The molecule has 0 radical (unpaired) electrons. The number of aliphatic hydroxyl groups excluding tert-OH is 1. The Balaban J connectivity index is 2.93. The Morgan fingerprint density at radius 1 is 1.56 bits per heavy atom. The number of aliphatic hydroxyl groups is 1. The molecule has 0 spiro atoms. The molecule has 0 aromatic heterocycles. The van der Waals surface area contributed by atoms with Gasteiger partial charge in [-0.1, -0.05) is 5.11 Å². The number of ether oxygens (including phenoxy) is 2. The Bertz CT molecular complexity index is 343. The van der Waals surface area contributed by atoms with Gasteiger partial charge in [0.25, 0.3) is 0 Å². The van der Waals surface area contributed by atoms with E-state index < -0.39 is 30.1 Å². The normalized spacial score (nSPS) is 31.2. The van der Waals surface area contributed by atoms with Crippen molar-refractivity contribution in [1.29, 1.82) is 5.26 Å². The minimum atomic E-state index is -0.914. The molecule has 1 rings (SSSR count). The van der Waals surface area contributed by atoms with Gasteiger partial charge in [-0.3, -0.25) is 0 Å². The number of nitriles is 1. The molecule has 0 saturated carbocycles. The molecule has 0 bridgehead atoms. The van der Waals surface area contributed by atoms with Crippen LogP contribution in [0.4, 0.5) is 0 Å². The molecular weight excluding hydrogens is 212 g/mol. The van der Waals surface area contributed by atoms with Gasteiger partial charge < -0.3 is 14.6 Å². The van der Waals surface area contributed by atoms with E-state index in [1.54, 1.807) is 13.8 Å². The quantitative estimate of drug-likeness (QED) is 0.441. The van der Waals surface area contributed by atoms with Gasteiger partial charge in [-0.05, 0) is 26.3 Å². The zero-order valence-electron chi connectivity index (χ0n) is 9.36. The molecule has 1 aliphatic heterocycles. The van der Waals surface area contributed by atoms with Gasteiger partial charge in [0.15, 0.2) is 11.9 Å². The molecule has 0 amide bonds. The molecule has 4 unspecified atom stereocenters. The highest BCUT2D eigenvalue weighted by Crippen LogP contribution is 2.31. The van der Waals surface area contributed by atoms with Crippen molar-refractivity contribution in [3.05, 3.63) is 10.4 Å². The maximum absolute atomic E-state index is 9.48. The van der Waals surface area contributed by atoms with Crippen LogP contribution in [-0.2, 0) is 9.47 Å². The van der Waals surface area contributed by atoms with Gasteiger partial charge >= 0.3 is 0 Å². The Morgan fingerprint density at radius 3 is 2.62 bits per heavy atom. The first-order valence-electron chi connectivity index (χ1n) is 4.89. The largest absolute Gasteiger partial charge is 0.393 e. The van der Waals surface area contributed by atoms with E-state index in [2.05, 4.69) is 10.0 Å². The predicted molar refractivity (Wildman–Crippen MR) is 54.1 cm³/mol. The lowest BCUT2D eigenvalue weighted by atomic mass is 10.0. The number of rotatable bonds is 3. The fraction of sp³-hybridized carbons (Fsp3) is 0.889. The average Bonchev–Trinajstić information content (AvgIpc) is 2.49. The second-order valence-corrected chi connectivity index (χ2v) is 4.09. The van der Waals surface area contributed by atoms with Crippen LogP contribution in [0, 0.1) is 11.3 Å². The Labute approximate surface area is 93.2 Å². The lowest BCUT2D eigenvalue weighted by Crippen LogP contribution is -2.40. The van der Waals surface area contributed by atoms with Crippen molar-refractivity contribution in [3.63, 3.8) is 0 Å². The maximum atomic E-state index is 9.48. The first-order chi connectivity index (χ1) is 7.41. The van der Waals surface area contributed by atoms with E-state index in [1.165, 1.54) is 6.92 Å². The summed E-state index contributed by atoms with van der Waals surface area (Å²) in [5.41, 5.74) is 8.40. The van der Waals surface area contributed by atoms with E-state index >= 15 is 0 Å². The summed E-state index contributed by atoms with van der Waals surface area (Å²) in [7, 11) is 0. The minimum absolute atomic E-state index is 0.754. The zero-order chi connectivity index (χ0) is 12.3. The summed E-state index contributed by atoms with van der Waals surface area (Å²) < 4.78 is 10.8. The summed E-state index contributed by atoms with van der Waals surface area (Å²) in [6, 6.07) is 1.09. The monoisotopic (exact) mass is 226 g/mol. The molecular formula is C9H14N4O3. The highest BCUT2D eigenvalue weighted by atomic mass is 16.8. The van der Waals surface area contributed by atoms with Crippen LogP contribution in [0.1, 0.15) is 20.8 Å². The highest BCUT2D eigenvalue weighted by Gasteiger charge is 2.46. The third-order valence-electron chi connectivity index (χ3n) is 2.27. The predicted octanol–water partition coefficient (Wildman–Crippen LogP) is 1.09. The molecule has 1 aliphatic rings. The molecule has 1 fully saturated rings. The van der Waals surface area contributed by atoms with Crippen molar-refractivity contribution in [2.75, 3.05) is 0 Å². The van der Waals surface area contributed by atoms with Gasteiger partial charge in [0.1, 0.15) is 6.10 Å². The van der Waals surface area contributed by atoms with E-state index in [-0.39, 0.29) is 0 Å². The van der Waals surface area contributed by atoms with Crippen molar-refractivity contribution >= 4 is 0 Å². The summed E-state index contributed by atoms with van der Waals surface area (Å²) in [6.45, 7) is 4.79.